The van der Waals surface area contributed by atoms with Gasteiger partial charge < -0.3 is 10.1 Å². The molecule has 6 heteroatoms. The first kappa shape index (κ1) is 11.8. The number of anilines is 1. The van der Waals surface area contributed by atoms with Crippen molar-refractivity contribution in [1.29, 1.82) is 0 Å². The van der Waals surface area contributed by atoms with E-state index in [2.05, 4.69) is 9.97 Å². The first-order valence-corrected chi connectivity index (χ1v) is 5.20. The third-order valence-corrected chi connectivity index (χ3v) is 2.47. The van der Waals surface area contributed by atoms with Crippen LogP contribution in [-0.4, -0.2) is 34.0 Å². The van der Waals surface area contributed by atoms with Crippen LogP contribution in [0, 0.1) is 0 Å². The molecule has 0 aliphatic carbocycles. The minimum atomic E-state index is -1.05. The molecule has 0 saturated carbocycles. The standard InChI is InChI=1S/C12H11N3O3/c1-15(11(16)9-3-2-6-13-9)10-5-4-8(7-14-10)12(17)18/h2-7,13H,1H3,(H,17,18). The van der Waals surface area contributed by atoms with Crippen molar-refractivity contribution in [3.8, 4) is 0 Å². The van der Waals surface area contributed by atoms with Crippen molar-refractivity contribution >= 4 is 17.7 Å². The predicted molar refractivity (Wildman–Crippen MR) is 64.7 cm³/mol. The number of carboxylic acids is 1. The number of rotatable bonds is 3. The van der Waals surface area contributed by atoms with Gasteiger partial charge in [-0.1, -0.05) is 0 Å². The summed E-state index contributed by atoms with van der Waals surface area (Å²) >= 11 is 0. The molecule has 0 radical (unpaired) electrons. The summed E-state index contributed by atoms with van der Waals surface area (Å²) in [5, 5.41) is 8.75. The number of carbonyl (C=O) groups is 2. The Bertz CT molecular complexity index is 561. The molecule has 2 rings (SSSR count). The van der Waals surface area contributed by atoms with E-state index in [9.17, 15) is 9.59 Å². The Balaban J connectivity index is 2.21. The number of aromatic nitrogens is 2. The third kappa shape index (κ3) is 2.22. The molecule has 6 nitrogen and oxygen atoms in total. The summed E-state index contributed by atoms with van der Waals surface area (Å²) in [6, 6.07) is 6.28. The van der Waals surface area contributed by atoms with Gasteiger partial charge in [0, 0.05) is 19.4 Å². The third-order valence-electron chi connectivity index (χ3n) is 2.47. The lowest BCUT2D eigenvalue weighted by Gasteiger charge is -2.15. The highest BCUT2D eigenvalue weighted by Gasteiger charge is 2.15. The molecule has 92 valence electrons. The second-order valence-electron chi connectivity index (χ2n) is 3.66. The van der Waals surface area contributed by atoms with Crippen molar-refractivity contribution in [3.63, 3.8) is 0 Å². The Hall–Kier alpha value is -2.63. The number of carbonyl (C=O) groups excluding carboxylic acids is 1. The molecule has 0 fully saturated rings. The van der Waals surface area contributed by atoms with Crippen LogP contribution in [0.5, 0.6) is 0 Å². The lowest BCUT2D eigenvalue weighted by molar-refractivity contribution is 0.0696. The Morgan fingerprint density at radius 3 is 2.61 bits per heavy atom. The first-order chi connectivity index (χ1) is 8.59. The molecule has 0 aliphatic rings. The van der Waals surface area contributed by atoms with Gasteiger partial charge in [0.1, 0.15) is 11.5 Å². The molecule has 1 amide bonds. The van der Waals surface area contributed by atoms with E-state index in [0.29, 0.717) is 11.5 Å². The average Bonchev–Trinajstić information content (AvgIpc) is 2.91. The maximum Gasteiger partial charge on any atom is 0.337 e. The fraction of sp³-hybridized carbons (Fsp3) is 0.0833. The van der Waals surface area contributed by atoms with Gasteiger partial charge in [-0.2, -0.15) is 0 Å². The molecule has 2 aromatic rings. The molecule has 0 aromatic carbocycles. The normalized spacial score (nSPS) is 10.1. The van der Waals surface area contributed by atoms with E-state index in [-0.39, 0.29) is 11.5 Å². The lowest BCUT2D eigenvalue weighted by atomic mass is 10.3. The van der Waals surface area contributed by atoms with Crippen LogP contribution in [0.25, 0.3) is 0 Å². The predicted octanol–water partition coefficient (Wildman–Crippen LogP) is 1.38. The zero-order valence-electron chi connectivity index (χ0n) is 9.62. The smallest absolute Gasteiger partial charge is 0.337 e. The van der Waals surface area contributed by atoms with Crippen molar-refractivity contribution in [2.45, 2.75) is 0 Å². The molecule has 2 aromatic heterocycles. The van der Waals surface area contributed by atoms with E-state index in [1.165, 1.54) is 23.2 Å². The van der Waals surface area contributed by atoms with Gasteiger partial charge in [0.2, 0.25) is 0 Å². The van der Waals surface area contributed by atoms with Crippen LogP contribution < -0.4 is 4.90 Å². The zero-order chi connectivity index (χ0) is 13.1. The number of nitrogens with zero attached hydrogens (tertiary/aromatic N) is 2. The highest BCUT2D eigenvalue weighted by atomic mass is 16.4. The van der Waals surface area contributed by atoms with Gasteiger partial charge in [0.05, 0.1) is 5.56 Å². The molecule has 2 heterocycles. The fourth-order valence-electron chi connectivity index (χ4n) is 1.46. The highest BCUT2D eigenvalue weighted by molar-refractivity contribution is 6.04. The molecule has 0 unspecified atom stereocenters. The summed E-state index contributed by atoms with van der Waals surface area (Å²) in [5.74, 6) is -0.900. The number of hydrogen-bond acceptors (Lipinski definition) is 3. The summed E-state index contributed by atoms with van der Waals surface area (Å²) in [7, 11) is 1.58. The van der Waals surface area contributed by atoms with Crippen LogP contribution in [0.15, 0.2) is 36.7 Å². The van der Waals surface area contributed by atoms with Gasteiger partial charge in [-0.15, -0.1) is 0 Å². The molecule has 0 aliphatic heterocycles. The van der Waals surface area contributed by atoms with Crippen molar-refractivity contribution in [1.82, 2.24) is 9.97 Å². The van der Waals surface area contributed by atoms with Gasteiger partial charge in [-0.25, -0.2) is 9.78 Å². The number of pyridine rings is 1. The van der Waals surface area contributed by atoms with Gasteiger partial charge in [0.15, 0.2) is 0 Å². The van der Waals surface area contributed by atoms with Crippen LogP contribution in [0.2, 0.25) is 0 Å². The number of hydrogen-bond donors (Lipinski definition) is 2. The molecular formula is C12H11N3O3. The average molecular weight is 245 g/mol. The van der Waals surface area contributed by atoms with Crippen LogP contribution in [0.1, 0.15) is 20.8 Å². The van der Waals surface area contributed by atoms with Crippen molar-refractivity contribution < 1.29 is 14.7 Å². The second kappa shape index (κ2) is 4.70. The van der Waals surface area contributed by atoms with E-state index in [1.54, 1.807) is 25.4 Å². The zero-order valence-corrected chi connectivity index (χ0v) is 9.62. The van der Waals surface area contributed by atoms with Crippen LogP contribution in [-0.2, 0) is 0 Å². The number of amides is 1. The van der Waals surface area contributed by atoms with E-state index < -0.39 is 5.97 Å². The van der Waals surface area contributed by atoms with Crippen LogP contribution in [0.3, 0.4) is 0 Å². The monoisotopic (exact) mass is 245 g/mol. The number of nitrogens with one attached hydrogen (secondary N) is 1. The lowest BCUT2D eigenvalue weighted by Crippen LogP contribution is -2.27. The summed E-state index contributed by atoms with van der Waals surface area (Å²) in [5.41, 5.74) is 0.529. The van der Waals surface area contributed by atoms with Gasteiger partial charge in [-0.05, 0) is 24.3 Å². The van der Waals surface area contributed by atoms with E-state index in [0.717, 1.165) is 0 Å². The SMILES string of the molecule is CN(C(=O)c1ccc[nH]1)c1ccc(C(=O)O)cn1. The molecular weight excluding hydrogens is 234 g/mol. The quantitative estimate of drug-likeness (QED) is 0.855. The summed E-state index contributed by atoms with van der Waals surface area (Å²) in [4.78, 5) is 30.7. The summed E-state index contributed by atoms with van der Waals surface area (Å²) < 4.78 is 0. The fourth-order valence-corrected chi connectivity index (χ4v) is 1.46. The second-order valence-corrected chi connectivity index (χ2v) is 3.66. The minimum Gasteiger partial charge on any atom is -0.478 e. The number of H-pyrrole nitrogens is 1. The molecule has 2 N–H and O–H groups in total. The molecule has 18 heavy (non-hydrogen) atoms. The number of aromatic amines is 1. The number of aromatic carboxylic acids is 1. The Morgan fingerprint density at radius 2 is 2.11 bits per heavy atom. The molecule has 0 spiro atoms. The summed E-state index contributed by atoms with van der Waals surface area (Å²) in [6.07, 6.45) is 2.87. The van der Waals surface area contributed by atoms with Gasteiger partial charge in [-0.3, -0.25) is 9.69 Å². The highest BCUT2D eigenvalue weighted by Crippen LogP contribution is 2.12. The van der Waals surface area contributed by atoms with E-state index in [4.69, 9.17) is 5.11 Å². The van der Waals surface area contributed by atoms with Gasteiger partial charge in [0.25, 0.3) is 5.91 Å². The first-order valence-electron chi connectivity index (χ1n) is 5.20. The maximum absolute atomic E-state index is 12.0. The summed E-state index contributed by atoms with van der Waals surface area (Å²) in [6.45, 7) is 0. The Kier molecular flexibility index (Phi) is 3.09. The van der Waals surface area contributed by atoms with Crippen LogP contribution in [0.4, 0.5) is 5.82 Å². The molecule has 0 bridgehead atoms. The van der Waals surface area contributed by atoms with E-state index >= 15 is 0 Å². The Morgan fingerprint density at radius 1 is 1.33 bits per heavy atom. The van der Waals surface area contributed by atoms with Crippen LogP contribution >= 0.6 is 0 Å². The topological polar surface area (TPSA) is 86.3 Å². The van der Waals surface area contributed by atoms with Crippen molar-refractivity contribution in [3.05, 3.63) is 47.9 Å². The maximum atomic E-state index is 12.0. The Labute approximate surface area is 103 Å². The van der Waals surface area contributed by atoms with Crippen molar-refractivity contribution in [2.75, 3.05) is 11.9 Å². The molecule has 0 atom stereocenters. The van der Waals surface area contributed by atoms with E-state index in [1.807, 2.05) is 0 Å². The minimum absolute atomic E-state index is 0.0828. The van der Waals surface area contributed by atoms with Crippen molar-refractivity contribution in [2.24, 2.45) is 0 Å². The largest absolute Gasteiger partial charge is 0.478 e. The molecule has 0 saturated heterocycles. The number of carboxylic acid groups (broad SMARTS) is 1. The van der Waals surface area contributed by atoms with Gasteiger partial charge >= 0.3 is 5.97 Å².